The summed E-state index contributed by atoms with van der Waals surface area (Å²) >= 11 is 0. The third-order valence-electron chi connectivity index (χ3n) is 8.71. The van der Waals surface area contributed by atoms with E-state index >= 15 is 0 Å². The average molecular weight is 371 g/mol. The Morgan fingerprint density at radius 1 is 1.22 bits per heavy atom. The van der Waals surface area contributed by atoms with E-state index in [2.05, 4.69) is 26.8 Å². The summed E-state index contributed by atoms with van der Waals surface area (Å²) in [6.45, 7) is 9.23. The molecule has 0 aromatic carbocycles. The van der Waals surface area contributed by atoms with Gasteiger partial charge in [-0.25, -0.2) is 0 Å². The lowest BCUT2D eigenvalue weighted by Crippen LogP contribution is -2.46. The van der Waals surface area contributed by atoms with Gasteiger partial charge in [0.05, 0.1) is 6.61 Å². The second-order valence-electron chi connectivity index (χ2n) is 10.1. The second-order valence-corrected chi connectivity index (χ2v) is 10.1. The number of rotatable bonds is 3. The fourth-order valence-electron chi connectivity index (χ4n) is 7.20. The van der Waals surface area contributed by atoms with Crippen molar-refractivity contribution in [2.75, 3.05) is 6.61 Å². The van der Waals surface area contributed by atoms with Gasteiger partial charge in [0.25, 0.3) is 0 Å². The zero-order chi connectivity index (χ0) is 19.4. The smallest absolute Gasteiger partial charge is 0.302 e. The number of hydrogen-bond acceptors (Lipinski definition) is 3. The van der Waals surface area contributed by atoms with Crippen LogP contribution >= 0.6 is 0 Å². The molecule has 148 valence electrons. The molecule has 0 aliphatic heterocycles. The molecule has 4 aliphatic rings. The second kappa shape index (κ2) is 6.60. The Balaban J connectivity index is 1.59. The highest BCUT2D eigenvalue weighted by Gasteiger charge is 2.57. The monoisotopic (exact) mass is 370 g/mol. The quantitative estimate of drug-likeness (QED) is 0.503. The van der Waals surface area contributed by atoms with Crippen molar-refractivity contribution in [2.45, 2.75) is 72.6 Å². The molecule has 0 aromatic heterocycles. The molecule has 0 amide bonds. The molecule has 0 radical (unpaired) electrons. The predicted octanol–water partition coefficient (Wildman–Crippen LogP) is 5.25. The van der Waals surface area contributed by atoms with Gasteiger partial charge in [0.1, 0.15) is 0 Å². The van der Waals surface area contributed by atoms with Crippen molar-refractivity contribution in [1.29, 1.82) is 0 Å². The first-order valence-electron chi connectivity index (χ1n) is 10.8. The zero-order valence-electron chi connectivity index (χ0n) is 17.3. The van der Waals surface area contributed by atoms with E-state index in [1.54, 1.807) is 5.57 Å². The van der Waals surface area contributed by atoms with Gasteiger partial charge in [-0.05, 0) is 79.1 Å². The summed E-state index contributed by atoms with van der Waals surface area (Å²) in [6, 6.07) is 0. The number of allylic oxidation sites excluding steroid dienone is 4. The van der Waals surface area contributed by atoms with Crippen LogP contribution in [-0.2, 0) is 14.3 Å². The third-order valence-corrected chi connectivity index (χ3v) is 8.71. The molecule has 3 nitrogen and oxygen atoms in total. The normalized spacial score (nSPS) is 41.6. The molecule has 0 aromatic rings. The maximum Gasteiger partial charge on any atom is 0.302 e. The van der Waals surface area contributed by atoms with E-state index in [-0.39, 0.29) is 11.4 Å². The van der Waals surface area contributed by atoms with Gasteiger partial charge in [-0.3, -0.25) is 9.59 Å². The number of esters is 1. The van der Waals surface area contributed by atoms with Crippen LogP contribution in [0.4, 0.5) is 0 Å². The van der Waals surface area contributed by atoms with E-state index < -0.39 is 0 Å². The van der Waals surface area contributed by atoms with Gasteiger partial charge in [-0.2, -0.15) is 0 Å². The highest BCUT2D eigenvalue weighted by atomic mass is 16.5. The highest BCUT2D eigenvalue weighted by Crippen LogP contribution is 2.66. The van der Waals surface area contributed by atoms with Crippen LogP contribution in [-0.4, -0.2) is 18.4 Å². The van der Waals surface area contributed by atoms with E-state index in [1.807, 2.05) is 6.08 Å². The van der Waals surface area contributed by atoms with Gasteiger partial charge in [0.15, 0.2) is 5.78 Å². The lowest BCUT2D eigenvalue weighted by molar-refractivity contribution is -0.143. The van der Waals surface area contributed by atoms with Crippen molar-refractivity contribution in [1.82, 2.24) is 0 Å². The maximum atomic E-state index is 11.9. The molecule has 2 unspecified atom stereocenters. The van der Waals surface area contributed by atoms with Crippen LogP contribution in [0.3, 0.4) is 0 Å². The molecular formula is C24H34O3. The summed E-state index contributed by atoms with van der Waals surface area (Å²) in [6.07, 6.45) is 12.1. The molecule has 0 heterocycles. The van der Waals surface area contributed by atoms with Crippen LogP contribution in [0, 0.1) is 34.5 Å². The van der Waals surface area contributed by atoms with Crippen molar-refractivity contribution >= 4 is 11.8 Å². The number of carbonyl (C=O) groups excluding carboxylic acids is 2. The van der Waals surface area contributed by atoms with E-state index in [1.165, 1.54) is 38.2 Å². The topological polar surface area (TPSA) is 43.4 Å². The minimum Gasteiger partial charge on any atom is -0.466 e. The summed E-state index contributed by atoms with van der Waals surface area (Å²) in [5, 5.41) is 0. The first-order chi connectivity index (χ1) is 12.8. The standard InChI is InChI=1S/C24H34O3/c1-15(14-27-16(2)25)20-7-8-21-19-6-5-17-13-18(26)9-11-23(17,3)22(19)10-12-24(20,21)4/h6,13,15,20-22H,5,7-12,14H2,1-4H3/t15-,20-,21?,22?,23-,24-/m1/s1. The van der Waals surface area contributed by atoms with E-state index in [0.717, 1.165) is 12.8 Å². The van der Waals surface area contributed by atoms with Gasteiger partial charge < -0.3 is 4.74 Å². The minimum absolute atomic E-state index is 0.167. The number of ether oxygens (including phenoxy) is 1. The van der Waals surface area contributed by atoms with Gasteiger partial charge >= 0.3 is 5.97 Å². The van der Waals surface area contributed by atoms with E-state index in [0.29, 0.717) is 47.9 Å². The fourth-order valence-corrected chi connectivity index (χ4v) is 7.20. The number of fused-ring (bicyclic) bond motifs is 5. The van der Waals surface area contributed by atoms with Crippen molar-refractivity contribution < 1.29 is 14.3 Å². The largest absolute Gasteiger partial charge is 0.466 e. The SMILES string of the molecule is CC(=O)OC[C@@H](C)[C@H]1CCC2C3=CCC4=CC(=O)CC[C@@]4(C)C3CC[C@@]21C. The molecule has 0 bridgehead atoms. The fraction of sp³-hybridized carbons (Fsp3) is 0.750. The summed E-state index contributed by atoms with van der Waals surface area (Å²) in [7, 11) is 0. The molecule has 27 heavy (non-hydrogen) atoms. The highest BCUT2D eigenvalue weighted by molar-refractivity contribution is 5.91. The van der Waals surface area contributed by atoms with Crippen molar-refractivity contribution in [2.24, 2.45) is 34.5 Å². The van der Waals surface area contributed by atoms with Gasteiger partial charge in [-0.15, -0.1) is 0 Å². The van der Waals surface area contributed by atoms with Gasteiger partial charge in [-0.1, -0.05) is 38.0 Å². The van der Waals surface area contributed by atoms with Gasteiger partial charge in [0, 0.05) is 13.3 Å². The summed E-state index contributed by atoms with van der Waals surface area (Å²) in [5.41, 5.74) is 3.60. The van der Waals surface area contributed by atoms with Crippen LogP contribution in [0.2, 0.25) is 0 Å². The predicted molar refractivity (Wildman–Crippen MR) is 106 cm³/mol. The van der Waals surface area contributed by atoms with Crippen LogP contribution in [0.25, 0.3) is 0 Å². The van der Waals surface area contributed by atoms with Crippen molar-refractivity contribution in [3.63, 3.8) is 0 Å². The van der Waals surface area contributed by atoms with Crippen LogP contribution < -0.4 is 0 Å². The first kappa shape index (κ1) is 19.0. The van der Waals surface area contributed by atoms with Gasteiger partial charge in [0.2, 0.25) is 0 Å². The molecule has 0 N–H and O–H groups in total. The number of hydrogen-bond donors (Lipinski definition) is 0. The molecule has 2 fully saturated rings. The Morgan fingerprint density at radius 3 is 2.74 bits per heavy atom. The molecule has 4 rings (SSSR count). The van der Waals surface area contributed by atoms with E-state index in [9.17, 15) is 9.59 Å². The molecule has 0 spiro atoms. The molecule has 6 atom stereocenters. The van der Waals surface area contributed by atoms with Crippen molar-refractivity contribution in [3.05, 3.63) is 23.3 Å². The molecule has 4 aliphatic carbocycles. The van der Waals surface area contributed by atoms with Crippen LogP contribution in [0.15, 0.2) is 23.3 Å². The average Bonchev–Trinajstić information content (AvgIpc) is 2.97. The Hall–Kier alpha value is -1.38. The molecule has 3 heteroatoms. The zero-order valence-corrected chi connectivity index (χ0v) is 17.3. The Bertz CT molecular complexity index is 717. The first-order valence-corrected chi connectivity index (χ1v) is 10.8. The maximum absolute atomic E-state index is 11.9. The Morgan fingerprint density at radius 2 is 2.00 bits per heavy atom. The van der Waals surface area contributed by atoms with E-state index in [4.69, 9.17) is 4.74 Å². The number of ketones is 1. The number of carbonyl (C=O) groups is 2. The lowest BCUT2D eigenvalue weighted by atomic mass is 9.50. The minimum atomic E-state index is -0.167. The summed E-state index contributed by atoms with van der Waals surface area (Å²) in [5.74, 6) is 2.48. The lowest BCUT2D eigenvalue weighted by Gasteiger charge is -2.55. The van der Waals surface area contributed by atoms with Crippen LogP contribution in [0.1, 0.15) is 72.6 Å². The Labute approximate surface area is 163 Å². The molecular weight excluding hydrogens is 336 g/mol. The summed E-state index contributed by atoms with van der Waals surface area (Å²) in [4.78, 5) is 23.2. The molecule has 2 saturated carbocycles. The molecule has 0 saturated heterocycles. The van der Waals surface area contributed by atoms with Crippen molar-refractivity contribution in [3.8, 4) is 0 Å². The van der Waals surface area contributed by atoms with Crippen LogP contribution in [0.5, 0.6) is 0 Å². The summed E-state index contributed by atoms with van der Waals surface area (Å²) < 4.78 is 5.35. The third kappa shape index (κ3) is 2.93. The Kier molecular flexibility index (Phi) is 4.63.